The summed E-state index contributed by atoms with van der Waals surface area (Å²) < 4.78 is 0. The molecule has 2 nitrogen and oxygen atoms in total. The molecule has 11 heavy (non-hydrogen) atoms. The zero-order chi connectivity index (χ0) is 8.53. The van der Waals surface area contributed by atoms with Gasteiger partial charge in [-0.25, -0.2) is 0 Å². The minimum Gasteiger partial charge on any atom is -0.396 e. The predicted octanol–water partition coefficient (Wildman–Crippen LogP) is 2.09. The Morgan fingerprint density at radius 3 is 2.55 bits per heavy atom. The van der Waals surface area contributed by atoms with Crippen LogP contribution in [0.5, 0.6) is 0 Å². The Labute approximate surface area is 68.8 Å². The molecular formula is C9H17NO. The van der Waals surface area contributed by atoms with Crippen LogP contribution in [0.3, 0.4) is 0 Å². The molecule has 0 aromatic rings. The number of nitrogens with zero attached hydrogens (tertiary/aromatic N) is 1. The van der Waals surface area contributed by atoms with E-state index in [1.54, 1.807) is 0 Å². The van der Waals surface area contributed by atoms with Crippen LogP contribution in [0.1, 0.15) is 39.0 Å². The number of nitriles is 1. The molecule has 0 fully saturated rings. The lowest BCUT2D eigenvalue weighted by Gasteiger charge is -2.04. The second-order valence-electron chi connectivity index (χ2n) is 2.83. The number of hydrogen-bond acceptors (Lipinski definition) is 2. The Balaban J connectivity index is 3.30. The molecule has 2 heteroatoms. The highest BCUT2D eigenvalue weighted by atomic mass is 16.3. The molecule has 1 N–H and O–H groups in total. The zero-order valence-electron chi connectivity index (χ0n) is 7.21. The van der Waals surface area contributed by atoms with Crippen LogP contribution < -0.4 is 0 Å². The average Bonchev–Trinajstić information content (AvgIpc) is 2.03. The summed E-state index contributed by atoms with van der Waals surface area (Å²) in [4.78, 5) is 0. The molecule has 0 aromatic heterocycles. The lowest BCUT2D eigenvalue weighted by Crippen LogP contribution is -1.99. The molecule has 0 heterocycles. The van der Waals surface area contributed by atoms with E-state index in [9.17, 15) is 0 Å². The molecule has 0 saturated carbocycles. The summed E-state index contributed by atoms with van der Waals surface area (Å²) in [5.74, 6) is 0.0755. The highest BCUT2D eigenvalue weighted by Crippen LogP contribution is 2.11. The van der Waals surface area contributed by atoms with Gasteiger partial charge in [-0.2, -0.15) is 5.26 Å². The monoisotopic (exact) mass is 155 g/mol. The van der Waals surface area contributed by atoms with Crippen LogP contribution in [0.25, 0.3) is 0 Å². The van der Waals surface area contributed by atoms with Crippen LogP contribution in [0, 0.1) is 17.2 Å². The lowest BCUT2D eigenvalue weighted by molar-refractivity contribution is 0.267. The third-order valence-electron chi connectivity index (χ3n) is 1.82. The fourth-order valence-electron chi connectivity index (χ4n) is 1.07. The first-order chi connectivity index (χ1) is 5.35. The van der Waals surface area contributed by atoms with Gasteiger partial charge in [0.1, 0.15) is 0 Å². The van der Waals surface area contributed by atoms with E-state index in [4.69, 9.17) is 10.4 Å². The summed E-state index contributed by atoms with van der Waals surface area (Å²) in [5, 5.41) is 17.2. The van der Waals surface area contributed by atoms with Crippen molar-refractivity contribution >= 4 is 0 Å². The maximum Gasteiger partial charge on any atom is 0.0656 e. The third kappa shape index (κ3) is 5.87. The minimum absolute atomic E-state index is 0.0755. The number of hydrogen-bond donors (Lipinski definition) is 1. The minimum atomic E-state index is 0.0755. The van der Waals surface area contributed by atoms with Crippen molar-refractivity contribution in [3.05, 3.63) is 0 Å². The Morgan fingerprint density at radius 2 is 2.09 bits per heavy atom. The Hall–Kier alpha value is -0.550. The second kappa shape index (κ2) is 7.56. The number of aliphatic hydroxyl groups excluding tert-OH is 1. The van der Waals surface area contributed by atoms with Gasteiger partial charge >= 0.3 is 0 Å². The van der Waals surface area contributed by atoms with Gasteiger partial charge in [-0.3, -0.25) is 0 Å². The number of rotatable bonds is 6. The van der Waals surface area contributed by atoms with Gasteiger partial charge in [0.25, 0.3) is 0 Å². The van der Waals surface area contributed by atoms with E-state index in [2.05, 4.69) is 13.0 Å². The van der Waals surface area contributed by atoms with Crippen molar-refractivity contribution in [3.8, 4) is 6.07 Å². The van der Waals surface area contributed by atoms with E-state index in [1.165, 1.54) is 12.8 Å². The first-order valence-corrected chi connectivity index (χ1v) is 4.35. The number of unbranched alkanes of at least 4 members (excludes halogenated alkanes) is 2. The quantitative estimate of drug-likeness (QED) is 0.597. The molecule has 0 spiro atoms. The molecule has 0 saturated heterocycles. The lowest BCUT2D eigenvalue weighted by atomic mass is 10.00. The van der Waals surface area contributed by atoms with E-state index in [0.29, 0.717) is 6.42 Å². The van der Waals surface area contributed by atoms with Gasteiger partial charge < -0.3 is 5.11 Å². The van der Waals surface area contributed by atoms with Crippen molar-refractivity contribution < 1.29 is 5.11 Å². The maximum absolute atomic E-state index is 8.60. The highest BCUT2D eigenvalue weighted by Gasteiger charge is 2.04. The summed E-state index contributed by atoms with van der Waals surface area (Å²) in [7, 11) is 0. The molecule has 0 aliphatic heterocycles. The van der Waals surface area contributed by atoms with Gasteiger partial charge in [-0.1, -0.05) is 26.2 Å². The second-order valence-corrected chi connectivity index (χ2v) is 2.83. The molecule has 0 radical (unpaired) electrons. The van der Waals surface area contributed by atoms with Gasteiger partial charge in [0.2, 0.25) is 0 Å². The average molecular weight is 155 g/mol. The van der Waals surface area contributed by atoms with Gasteiger partial charge in [0.05, 0.1) is 6.07 Å². The summed E-state index contributed by atoms with van der Waals surface area (Å²) in [6, 6.07) is 2.20. The Bertz CT molecular complexity index is 117. The van der Waals surface area contributed by atoms with Crippen molar-refractivity contribution in [1.82, 2.24) is 0 Å². The third-order valence-corrected chi connectivity index (χ3v) is 1.82. The molecule has 0 aliphatic carbocycles. The Morgan fingerprint density at radius 1 is 1.36 bits per heavy atom. The van der Waals surface area contributed by atoms with Crippen LogP contribution in [-0.2, 0) is 0 Å². The normalized spacial score (nSPS) is 12.5. The molecule has 0 aliphatic rings. The van der Waals surface area contributed by atoms with Crippen molar-refractivity contribution in [1.29, 1.82) is 5.26 Å². The van der Waals surface area contributed by atoms with E-state index in [0.717, 1.165) is 12.8 Å². The largest absolute Gasteiger partial charge is 0.396 e. The van der Waals surface area contributed by atoms with Crippen LogP contribution in [0.4, 0.5) is 0 Å². The topological polar surface area (TPSA) is 44.0 Å². The first-order valence-electron chi connectivity index (χ1n) is 4.35. The molecule has 1 unspecified atom stereocenters. The van der Waals surface area contributed by atoms with Crippen molar-refractivity contribution in [3.63, 3.8) is 0 Å². The van der Waals surface area contributed by atoms with Gasteiger partial charge in [-0.05, 0) is 12.8 Å². The van der Waals surface area contributed by atoms with E-state index in [1.807, 2.05) is 0 Å². The molecule has 0 rings (SSSR count). The van der Waals surface area contributed by atoms with Crippen molar-refractivity contribution in [2.75, 3.05) is 6.61 Å². The molecular weight excluding hydrogens is 138 g/mol. The smallest absolute Gasteiger partial charge is 0.0656 e. The van der Waals surface area contributed by atoms with Crippen molar-refractivity contribution in [2.45, 2.75) is 39.0 Å². The maximum atomic E-state index is 8.60. The highest BCUT2D eigenvalue weighted by molar-refractivity contribution is 4.81. The predicted molar refractivity (Wildman–Crippen MR) is 44.9 cm³/mol. The molecule has 1 atom stereocenters. The Kier molecular flexibility index (Phi) is 7.18. The standard InChI is InChI=1S/C9H17NO/c1-2-3-4-5-9(8-10)6-7-11/h9,11H,2-7H2,1H3. The van der Waals surface area contributed by atoms with Crippen LogP contribution in [0.15, 0.2) is 0 Å². The zero-order valence-corrected chi connectivity index (χ0v) is 7.21. The summed E-state index contributed by atoms with van der Waals surface area (Å²) >= 11 is 0. The van der Waals surface area contributed by atoms with Gasteiger partial charge in [-0.15, -0.1) is 0 Å². The van der Waals surface area contributed by atoms with Crippen LogP contribution in [0.2, 0.25) is 0 Å². The van der Waals surface area contributed by atoms with E-state index >= 15 is 0 Å². The number of aliphatic hydroxyl groups is 1. The SMILES string of the molecule is CCCCCC(C#N)CCO. The first kappa shape index (κ1) is 10.4. The summed E-state index contributed by atoms with van der Waals surface area (Å²) in [6.45, 7) is 2.29. The molecule has 64 valence electrons. The fourth-order valence-corrected chi connectivity index (χ4v) is 1.07. The molecule has 0 bridgehead atoms. The van der Waals surface area contributed by atoms with Gasteiger partial charge in [0, 0.05) is 12.5 Å². The molecule has 0 amide bonds. The summed E-state index contributed by atoms with van der Waals surface area (Å²) in [6.07, 6.45) is 5.10. The fraction of sp³-hybridized carbons (Fsp3) is 0.889. The molecule has 0 aromatic carbocycles. The van der Waals surface area contributed by atoms with E-state index < -0.39 is 0 Å². The van der Waals surface area contributed by atoms with E-state index in [-0.39, 0.29) is 12.5 Å². The van der Waals surface area contributed by atoms with Gasteiger partial charge in [0.15, 0.2) is 0 Å². The van der Waals surface area contributed by atoms with Crippen LogP contribution in [-0.4, -0.2) is 11.7 Å². The van der Waals surface area contributed by atoms with Crippen LogP contribution >= 0.6 is 0 Å². The van der Waals surface area contributed by atoms with Crippen molar-refractivity contribution in [2.24, 2.45) is 5.92 Å². The summed E-state index contributed by atoms with van der Waals surface area (Å²) in [5.41, 5.74) is 0.